The lowest BCUT2D eigenvalue weighted by atomic mass is 9.87. The average molecular weight is 237 g/mol. The third-order valence-corrected chi connectivity index (χ3v) is 2.37. The predicted molar refractivity (Wildman–Crippen MR) is 50.0 cm³/mol. The van der Waals surface area contributed by atoms with E-state index in [9.17, 15) is 17.6 Å². The average Bonchev–Trinajstić information content (AvgIpc) is 2.16. The van der Waals surface area contributed by atoms with E-state index in [1.807, 2.05) is 0 Å². The Morgan fingerprint density at radius 3 is 2.19 bits per heavy atom. The highest BCUT2D eigenvalue weighted by Crippen LogP contribution is 2.40. The zero-order valence-corrected chi connectivity index (χ0v) is 8.26. The number of aliphatic hydroxyl groups is 1. The standard InChI is InChI=1S/C10H11F4NO/c11-8-4-2-1-3-7(8)9(15,5-6-16)10(12,13)14/h1-4,16H,5-6,15H2. The molecule has 1 aromatic rings. The predicted octanol–water partition coefficient (Wildman–Crippen LogP) is 1.92. The van der Waals surface area contributed by atoms with Crippen LogP contribution in [0.25, 0.3) is 0 Å². The fourth-order valence-electron chi connectivity index (χ4n) is 1.43. The van der Waals surface area contributed by atoms with Crippen molar-refractivity contribution in [1.82, 2.24) is 0 Å². The number of rotatable bonds is 3. The molecule has 1 atom stereocenters. The monoisotopic (exact) mass is 237 g/mol. The van der Waals surface area contributed by atoms with Crippen LogP contribution >= 0.6 is 0 Å². The molecule has 0 saturated carbocycles. The van der Waals surface area contributed by atoms with Gasteiger partial charge in [0.1, 0.15) is 11.4 Å². The molecule has 1 unspecified atom stereocenters. The van der Waals surface area contributed by atoms with Crippen LogP contribution in [0.1, 0.15) is 12.0 Å². The van der Waals surface area contributed by atoms with Gasteiger partial charge in [-0.1, -0.05) is 18.2 Å². The van der Waals surface area contributed by atoms with Gasteiger partial charge in [0, 0.05) is 18.6 Å². The summed E-state index contributed by atoms with van der Waals surface area (Å²) in [7, 11) is 0. The van der Waals surface area contributed by atoms with Crippen molar-refractivity contribution in [1.29, 1.82) is 0 Å². The van der Waals surface area contributed by atoms with E-state index in [-0.39, 0.29) is 0 Å². The van der Waals surface area contributed by atoms with Crippen LogP contribution in [0.4, 0.5) is 17.6 Å². The Kier molecular flexibility index (Phi) is 3.54. The Hall–Kier alpha value is -1.14. The lowest BCUT2D eigenvalue weighted by Gasteiger charge is -2.31. The third kappa shape index (κ3) is 2.17. The molecular weight excluding hydrogens is 226 g/mol. The van der Waals surface area contributed by atoms with E-state index in [0.717, 1.165) is 12.1 Å². The van der Waals surface area contributed by atoms with Crippen molar-refractivity contribution in [2.75, 3.05) is 6.61 Å². The molecule has 0 aliphatic heterocycles. The normalized spacial score (nSPS) is 15.9. The summed E-state index contributed by atoms with van der Waals surface area (Å²) in [6.07, 6.45) is -5.60. The summed E-state index contributed by atoms with van der Waals surface area (Å²) in [4.78, 5) is 0. The SMILES string of the molecule is NC(CCO)(c1ccccc1F)C(F)(F)F. The summed E-state index contributed by atoms with van der Waals surface area (Å²) in [6.45, 7) is -0.773. The largest absolute Gasteiger partial charge is 0.410 e. The molecule has 0 bridgehead atoms. The van der Waals surface area contributed by atoms with E-state index in [4.69, 9.17) is 10.8 Å². The molecule has 0 amide bonds. The van der Waals surface area contributed by atoms with Gasteiger partial charge in [0.15, 0.2) is 0 Å². The number of hydrogen-bond acceptors (Lipinski definition) is 2. The molecule has 90 valence electrons. The van der Waals surface area contributed by atoms with Gasteiger partial charge < -0.3 is 10.8 Å². The summed E-state index contributed by atoms with van der Waals surface area (Å²) in [6, 6.07) is 4.41. The van der Waals surface area contributed by atoms with Crippen molar-refractivity contribution in [3.8, 4) is 0 Å². The number of hydrogen-bond donors (Lipinski definition) is 2. The van der Waals surface area contributed by atoms with Gasteiger partial charge in [-0.15, -0.1) is 0 Å². The van der Waals surface area contributed by atoms with Gasteiger partial charge in [0.25, 0.3) is 0 Å². The summed E-state index contributed by atoms with van der Waals surface area (Å²) in [5, 5.41) is 8.61. The maximum atomic E-state index is 13.3. The smallest absolute Gasteiger partial charge is 0.396 e. The lowest BCUT2D eigenvalue weighted by Crippen LogP contribution is -2.51. The number of alkyl halides is 3. The second-order valence-corrected chi connectivity index (χ2v) is 3.42. The van der Waals surface area contributed by atoms with Crippen LogP contribution in [-0.2, 0) is 5.54 Å². The summed E-state index contributed by atoms with van der Waals surface area (Å²) in [5.41, 5.74) is 1.67. The Morgan fingerprint density at radius 2 is 1.75 bits per heavy atom. The second-order valence-electron chi connectivity index (χ2n) is 3.42. The Labute approximate surface area is 89.7 Å². The molecule has 0 aliphatic carbocycles. The highest BCUT2D eigenvalue weighted by atomic mass is 19.4. The van der Waals surface area contributed by atoms with E-state index in [1.165, 1.54) is 12.1 Å². The van der Waals surface area contributed by atoms with Crippen LogP contribution in [0.15, 0.2) is 24.3 Å². The molecule has 0 aromatic heterocycles. The Morgan fingerprint density at radius 1 is 1.19 bits per heavy atom. The zero-order chi connectivity index (χ0) is 12.4. The topological polar surface area (TPSA) is 46.2 Å². The first-order valence-electron chi connectivity index (χ1n) is 4.54. The molecule has 0 heterocycles. The van der Waals surface area contributed by atoms with Crippen molar-refractivity contribution in [2.45, 2.75) is 18.1 Å². The molecule has 2 nitrogen and oxygen atoms in total. The van der Waals surface area contributed by atoms with Crippen molar-refractivity contribution < 1.29 is 22.7 Å². The third-order valence-electron chi connectivity index (χ3n) is 2.37. The van der Waals surface area contributed by atoms with Crippen molar-refractivity contribution in [3.05, 3.63) is 35.6 Å². The lowest BCUT2D eigenvalue weighted by molar-refractivity contribution is -0.194. The van der Waals surface area contributed by atoms with Crippen LogP contribution in [0.3, 0.4) is 0 Å². The number of aliphatic hydroxyl groups excluding tert-OH is 1. The summed E-state index contributed by atoms with van der Waals surface area (Å²) >= 11 is 0. The molecule has 0 saturated heterocycles. The van der Waals surface area contributed by atoms with Crippen LogP contribution < -0.4 is 5.73 Å². The molecule has 1 aromatic carbocycles. The van der Waals surface area contributed by atoms with E-state index < -0.39 is 36.1 Å². The van der Waals surface area contributed by atoms with Crippen molar-refractivity contribution >= 4 is 0 Å². The molecule has 6 heteroatoms. The van der Waals surface area contributed by atoms with Gasteiger partial charge in [0.2, 0.25) is 0 Å². The number of nitrogens with two attached hydrogens (primary N) is 1. The van der Waals surface area contributed by atoms with Gasteiger partial charge in [-0.2, -0.15) is 13.2 Å². The zero-order valence-electron chi connectivity index (χ0n) is 8.26. The molecule has 0 aliphatic rings. The molecule has 3 N–H and O–H groups in total. The fraction of sp³-hybridized carbons (Fsp3) is 0.400. The van der Waals surface area contributed by atoms with Gasteiger partial charge in [-0.3, -0.25) is 0 Å². The van der Waals surface area contributed by atoms with Crippen LogP contribution in [0, 0.1) is 5.82 Å². The van der Waals surface area contributed by atoms with E-state index in [0.29, 0.717) is 0 Å². The Bertz CT molecular complexity index is 366. The molecule has 16 heavy (non-hydrogen) atoms. The minimum atomic E-state index is -4.82. The van der Waals surface area contributed by atoms with Crippen LogP contribution in [0.5, 0.6) is 0 Å². The summed E-state index contributed by atoms with van der Waals surface area (Å²) < 4.78 is 51.5. The van der Waals surface area contributed by atoms with E-state index in [1.54, 1.807) is 0 Å². The van der Waals surface area contributed by atoms with E-state index in [2.05, 4.69) is 0 Å². The highest BCUT2D eigenvalue weighted by Gasteiger charge is 2.53. The first-order valence-corrected chi connectivity index (χ1v) is 4.54. The van der Waals surface area contributed by atoms with Gasteiger partial charge in [0.05, 0.1) is 0 Å². The Balaban J connectivity index is 3.28. The van der Waals surface area contributed by atoms with Crippen molar-refractivity contribution in [2.24, 2.45) is 5.73 Å². The van der Waals surface area contributed by atoms with E-state index >= 15 is 0 Å². The molecular formula is C10H11F4NO. The minimum Gasteiger partial charge on any atom is -0.396 e. The van der Waals surface area contributed by atoms with Crippen LogP contribution in [-0.4, -0.2) is 17.9 Å². The first-order chi connectivity index (χ1) is 7.33. The molecule has 0 radical (unpaired) electrons. The van der Waals surface area contributed by atoms with Gasteiger partial charge >= 0.3 is 6.18 Å². The number of benzene rings is 1. The summed E-state index contributed by atoms with van der Waals surface area (Å²) in [5.74, 6) is -1.03. The second kappa shape index (κ2) is 4.39. The molecule has 1 rings (SSSR count). The molecule has 0 spiro atoms. The van der Waals surface area contributed by atoms with Gasteiger partial charge in [-0.25, -0.2) is 4.39 Å². The maximum absolute atomic E-state index is 13.3. The van der Waals surface area contributed by atoms with Crippen LogP contribution in [0.2, 0.25) is 0 Å². The van der Waals surface area contributed by atoms with Crippen molar-refractivity contribution in [3.63, 3.8) is 0 Å². The highest BCUT2D eigenvalue weighted by molar-refractivity contribution is 5.27. The number of halogens is 4. The van der Waals surface area contributed by atoms with Gasteiger partial charge in [-0.05, 0) is 6.07 Å². The molecule has 0 fully saturated rings. The first kappa shape index (κ1) is 12.9. The maximum Gasteiger partial charge on any atom is 0.410 e. The quantitative estimate of drug-likeness (QED) is 0.789. The minimum absolute atomic E-state index is 0.656. The fourth-order valence-corrected chi connectivity index (χ4v) is 1.43.